The van der Waals surface area contributed by atoms with Crippen molar-refractivity contribution in [1.29, 1.82) is 0 Å². The molecule has 28 heavy (non-hydrogen) atoms. The third-order valence-electron chi connectivity index (χ3n) is 5.74. The average Bonchev–Trinajstić information content (AvgIpc) is 3.22. The lowest BCUT2D eigenvalue weighted by Gasteiger charge is -2.20. The van der Waals surface area contributed by atoms with Crippen LogP contribution in [0.1, 0.15) is 73.2 Å². The van der Waals surface area contributed by atoms with Gasteiger partial charge in [-0.3, -0.25) is 9.59 Å². The van der Waals surface area contributed by atoms with E-state index in [4.69, 9.17) is 0 Å². The Kier molecular flexibility index (Phi) is 5.91. The zero-order chi connectivity index (χ0) is 19.3. The second-order valence-electron chi connectivity index (χ2n) is 7.63. The molecule has 1 aliphatic carbocycles. The molecule has 3 aromatic rings. The summed E-state index contributed by atoms with van der Waals surface area (Å²) in [5, 5.41) is 4.88. The van der Waals surface area contributed by atoms with Gasteiger partial charge in [0, 0.05) is 11.9 Å². The number of rotatable bonds is 3. The van der Waals surface area contributed by atoms with Crippen molar-refractivity contribution in [1.82, 2.24) is 4.98 Å². The number of fused-ring (bicyclic) bond motifs is 1. The SMILES string of the molecule is O=C(Nc1ccccc1C1CCCCCCCC1)c1c[nH]c2ccsc2c1=O. The summed E-state index contributed by atoms with van der Waals surface area (Å²) in [7, 11) is 0. The Bertz CT molecular complexity index is 1010. The summed E-state index contributed by atoms with van der Waals surface area (Å²) < 4.78 is 0.595. The number of carbonyl (C=O) groups excluding carboxylic acids is 1. The first kappa shape index (κ1) is 18.9. The largest absolute Gasteiger partial charge is 0.359 e. The number of H-pyrrole nitrogens is 1. The summed E-state index contributed by atoms with van der Waals surface area (Å²) in [6.45, 7) is 0. The van der Waals surface area contributed by atoms with E-state index in [0.29, 0.717) is 10.6 Å². The van der Waals surface area contributed by atoms with Crippen LogP contribution in [0.4, 0.5) is 5.69 Å². The number of aromatic nitrogens is 1. The van der Waals surface area contributed by atoms with Crippen LogP contribution in [-0.4, -0.2) is 10.9 Å². The molecule has 0 bridgehead atoms. The van der Waals surface area contributed by atoms with E-state index in [2.05, 4.69) is 16.4 Å². The number of para-hydroxylation sites is 1. The van der Waals surface area contributed by atoms with E-state index in [1.165, 1.54) is 61.6 Å². The summed E-state index contributed by atoms with van der Waals surface area (Å²) in [6.07, 6.45) is 11.6. The highest BCUT2D eigenvalue weighted by Gasteiger charge is 2.19. The van der Waals surface area contributed by atoms with E-state index in [1.54, 1.807) is 0 Å². The minimum Gasteiger partial charge on any atom is -0.359 e. The minimum atomic E-state index is -0.341. The molecule has 5 heteroatoms. The predicted octanol–water partition coefficient (Wildman–Crippen LogP) is 6.06. The van der Waals surface area contributed by atoms with Gasteiger partial charge >= 0.3 is 0 Å². The molecular formula is C23H26N2O2S. The van der Waals surface area contributed by atoms with Crippen molar-refractivity contribution in [3.63, 3.8) is 0 Å². The van der Waals surface area contributed by atoms with E-state index in [-0.39, 0.29) is 16.9 Å². The van der Waals surface area contributed by atoms with Crippen LogP contribution >= 0.6 is 11.3 Å². The van der Waals surface area contributed by atoms with Crippen LogP contribution < -0.4 is 10.7 Å². The van der Waals surface area contributed by atoms with Crippen molar-refractivity contribution in [2.45, 2.75) is 57.3 Å². The van der Waals surface area contributed by atoms with Crippen LogP contribution in [0.3, 0.4) is 0 Å². The van der Waals surface area contributed by atoms with Crippen LogP contribution in [-0.2, 0) is 0 Å². The normalized spacial score (nSPS) is 16.3. The van der Waals surface area contributed by atoms with Gasteiger partial charge in [-0.2, -0.15) is 0 Å². The molecule has 1 saturated carbocycles. The topological polar surface area (TPSA) is 62.0 Å². The lowest BCUT2D eigenvalue weighted by Crippen LogP contribution is -2.22. The third-order valence-corrected chi connectivity index (χ3v) is 6.65. The van der Waals surface area contributed by atoms with E-state index in [0.717, 1.165) is 24.0 Å². The van der Waals surface area contributed by atoms with Crippen molar-refractivity contribution in [2.75, 3.05) is 5.32 Å². The van der Waals surface area contributed by atoms with Crippen molar-refractivity contribution in [2.24, 2.45) is 0 Å². The van der Waals surface area contributed by atoms with Gasteiger partial charge in [0.05, 0.1) is 10.2 Å². The summed E-state index contributed by atoms with van der Waals surface area (Å²) >= 11 is 1.36. The Morgan fingerprint density at radius 1 is 1.00 bits per heavy atom. The molecular weight excluding hydrogens is 368 g/mol. The van der Waals surface area contributed by atoms with Crippen LogP contribution in [0.5, 0.6) is 0 Å². The van der Waals surface area contributed by atoms with Crippen LogP contribution in [0.25, 0.3) is 10.2 Å². The van der Waals surface area contributed by atoms with Gasteiger partial charge in [0.1, 0.15) is 5.56 Å². The number of benzene rings is 1. The molecule has 146 valence electrons. The van der Waals surface area contributed by atoms with E-state index in [1.807, 2.05) is 29.6 Å². The van der Waals surface area contributed by atoms with Gasteiger partial charge in [-0.05, 0) is 41.8 Å². The number of nitrogens with one attached hydrogen (secondary N) is 2. The van der Waals surface area contributed by atoms with Crippen molar-refractivity contribution >= 4 is 33.1 Å². The van der Waals surface area contributed by atoms with Crippen LogP contribution in [0, 0.1) is 0 Å². The zero-order valence-corrected chi connectivity index (χ0v) is 16.8. The summed E-state index contributed by atoms with van der Waals surface area (Å²) in [4.78, 5) is 28.6. The molecule has 0 spiro atoms. The standard InChI is InChI=1S/C23H26N2O2S/c26-21-18(15-24-20-13-14-28-22(20)21)23(27)25-19-12-8-7-11-17(19)16-9-5-3-1-2-4-6-10-16/h7-8,11-16H,1-6,9-10H2,(H,24,26)(H,25,27). The predicted molar refractivity (Wildman–Crippen MR) is 117 cm³/mol. The molecule has 1 aliphatic rings. The number of aromatic amines is 1. The molecule has 2 aromatic heterocycles. The first-order valence-corrected chi connectivity index (χ1v) is 11.1. The molecule has 4 nitrogen and oxygen atoms in total. The molecule has 0 unspecified atom stereocenters. The second kappa shape index (κ2) is 8.74. The van der Waals surface area contributed by atoms with Gasteiger partial charge in [-0.25, -0.2) is 0 Å². The average molecular weight is 395 g/mol. The minimum absolute atomic E-state index is 0.166. The smallest absolute Gasteiger partial charge is 0.261 e. The van der Waals surface area contributed by atoms with Gasteiger partial charge in [0.25, 0.3) is 5.91 Å². The maximum Gasteiger partial charge on any atom is 0.261 e. The van der Waals surface area contributed by atoms with Crippen molar-refractivity contribution in [3.8, 4) is 0 Å². The van der Waals surface area contributed by atoms with Gasteiger partial charge in [-0.15, -0.1) is 11.3 Å². The number of carbonyl (C=O) groups is 1. The summed E-state index contributed by atoms with van der Waals surface area (Å²) in [5.74, 6) is 0.125. The van der Waals surface area contributed by atoms with Crippen molar-refractivity contribution in [3.05, 3.63) is 63.3 Å². The first-order chi connectivity index (χ1) is 13.7. The maximum absolute atomic E-state index is 12.9. The second-order valence-corrected chi connectivity index (χ2v) is 8.55. The van der Waals surface area contributed by atoms with Crippen LogP contribution in [0.15, 0.2) is 46.7 Å². The molecule has 1 aromatic carbocycles. The molecule has 0 radical (unpaired) electrons. The fourth-order valence-electron chi connectivity index (χ4n) is 4.21. The Labute approximate surface area is 169 Å². The maximum atomic E-state index is 12.9. The Morgan fingerprint density at radius 3 is 2.50 bits per heavy atom. The number of hydrogen-bond acceptors (Lipinski definition) is 3. The fraction of sp³-hybridized carbons (Fsp3) is 0.391. The van der Waals surface area contributed by atoms with Gasteiger partial charge in [0.2, 0.25) is 5.43 Å². The zero-order valence-electron chi connectivity index (χ0n) is 16.0. The van der Waals surface area contributed by atoms with Crippen LogP contribution in [0.2, 0.25) is 0 Å². The molecule has 1 amide bonds. The monoisotopic (exact) mass is 394 g/mol. The lowest BCUT2D eigenvalue weighted by atomic mass is 9.88. The summed E-state index contributed by atoms with van der Waals surface area (Å²) in [5.41, 5.74) is 2.77. The molecule has 2 heterocycles. The van der Waals surface area contributed by atoms with E-state index < -0.39 is 0 Å². The van der Waals surface area contributed by atoms with Gasteiger partial charge < -0.3 is 10.3 Å². The Hall–Kier alpha value is -2.40. The number of hydrogen-bond donors (Lipinski definition) is 2. The summed E-state index contributed by atoms with van der Waals surface area (Å²) in [6, 6.07) is 9.93. The van der Waals surface area contributed by atoms with E-state index in [9.17, 15) is 9.59 Å². The highest BCUT2D eigenvalue weighted by molar-refractivity contribution is 7.17. The van der Waals surface area contributed by atoms with Crippen molar-refractivity contribution < 1.29 is 4.79 Å². The molecule has 0 atom stereocenters. The van der Waals surface area contributed by atoms with Gasteiger partial charge in [0.15, 0.2) is 0 Å². The Morgan fingerprint density at radius 2 is 1.71 bits per heavy atom. The fourth-order valence-corrected chi connectivity index (χ4v) is 5.02. The third kappa shape index (κ3) is 4.04. The number of anilines is 1. The molecule has 1 fully saturated rings. The van der Waals surface area contributed by atoms with Gasteiger partial charge in [-0.1, -0.05) is 56.7 Å². The quantitative estimate of drug-likeness (QED) is 0.567. The Balaban J connectivity index is 1.59. The first-order valence-electron chi connectivity index (χ1n) is 10.2. The highest BCUT2D eigenvalue weighted by Crippen LogP contribution is 2.34. The molecule has 2 N–H and O–H groups in total. The number of amides is 1. The number of thiophene rings is 1. The lowest BCUT2D eigenvalue weighted by molar-refractivity contribution is 0.102. The molecule has 0 aliphatic heterocycles. The highest BCUT2D eigenvalue weighted by atomic mass is 32.1. The molecule has 0 saturated heterocycles. The number of pyridine rings is 1. The van der Waals surface area contributed by atoms with E-state index >= 15 is 0 Å². The molecule has 4 rings (SSSR count).